The molecule has 79 heavy (non-hydrogen) atoms. The highest BCUT2D eigenvalue weighted by Crippen LogP contribution is 2.47. The van der Waals surface area contributed by atoms with E-state index in [4.69, 9.17) is 38.4 Å². The van der Waals surface area contributed by atoms with Crippen LogP contribution in [0.5, 0.6) is 46.0 Å². The van der Waals surface area contributed by atoms with E-state index in [1.54, 1.807) is 0 Å². The van der Waals surface area contributed by atoms with Crippen LogP contribution < -0.4 is 52.4 Å². The van der Waals surface area contributed by atoms with Crippen LogP contribution in [0.4, 0.5) is 0 Å². The molecule has 10 rings (SSSR count). The van der Waals surface area contributed by atoms with Gasteiger partial charge in [0.25, 0.3) is 0 Å². The second kappa shape index (κ2) is 22.6. The number of carbonyl (C=O) groups is 8. The van der Waals surface area contributed by atoms with Gasteiger partial charge in [0.1, 0.15) is 77.2 Å². The Morgan fingerprint density at radius 2 is 1.23 bits per heavy atom. The summed E-state index contributed by atoms with van der Waals surface area (Å²) >= 11 is 13.4. The topological polar surface area (TPSA) is 427 Å². The van der Waals surface area contributed by atoms with Crippen molar-refractivity contribution < 1.29 is 88.7 Å². The second-order valence-electron chi connectivity index (χ2n) is 18.4. The zero-order valence-electron chi connectivity index (χ0n) is 41.0. The minimum Gasteiger partial charge on any atom is -0.508 e. The average molecular weight is 1130 g/mol. The Labute approximate surface area is 455 Å². The first-order valence-corrected chi connectivity index (χ1v) is 24.4. The van der Waals surface area contributed by atoms with Gasteiger partial charge in [-0.25, -0.2) is 4.79 Å². The summed E-state index contributed by atoms with van der Waals surface area (Å²) in [5.74, 6) is -15.6. The van der Waals surface area contributed by atoms with Gasteiger partial charge in [-0.3, -0.25) is 33.6 Å². The van der Waals surface area contributed by atoms with Crippen molar-refractivity contribution in [3.8, 4) is 57.1 Å². The quantitative estimate of drug-likeness (QED) is 0.107. The Balaban J connectivity index is 1.37. The maximum absolute atomic E-state index is 15.3. The highest BCUT2D eigenvalue weighted by molar-refractivity contribution is 6.32. The zero-order valence-corrected chi connectivity index (χ0v) is 42.5. The smallest absolute Gasteiger partial charge is 0.330 e. The number of carbonyl (C=O) groups excluding carboxylic acids is 7. The number of aliphatic hydroxyl groups is 3. The lowest BCUT2D eigenvalue weighted by Gasteiger charge is -2.31. The second-order valence-corrected chi connectivity index (χ2v) is 19.2. The lowest BCUT2D eigenvalue weighted by molar-refractivity contribution is -0.143. The molecule has 26 nitrogen and oxygen atoms in total. The number of benzene rings is 5. The summed E-state index contributed by atoms with van der Waals surface area (Å²) < 4.78 is 12.2. The van der Waals surface area contributed by atoms with Crippen LogP contribution in [-0.4, -0.2) is 125 Å². The molecule has 0 unspecified atom stereocenters. The molecule has 7 amide bonds. The number of nitrogens with two attached hydrogens (primary N) is 1. The molecular formula is C51H48Cl2N8O18. The number of nitrogens with one attached hydrogen (secondary N) is 7. The molecule has 0 radical (unpaired) electrons. The number of aromatic hydroxyl groups is 4. The SMILES string of the molecule is CN[C@@H](C(=O)N[C@H]1C(=O)N[C@@H](CC(N)=O)C(=O)N[C@H]2C(=O)N[C@H]3C(=O)N[C@H](C(=O)N[C@H](C(=O)O)c4cc(O)cc(O)c4-c4cc3ccc4O)[C@H](O)c3ccc(c(Cl)c3)Oc3cc2cc(c3O)Oc2ccc(cc2Cl)[C@H]1O)[C@H](C)O. The van der Waals surface area contributed by atoms with E-state index < -0.39 is 166 Å². The molecule has 0 saturated heterocycles. The predicted molar refractivity (Wildman–Crippen MR) is 272 cm³/mol. The first-order chi connectivity index (χ1) is 37.3. The van der Waals surface area contributed by atoms with Gasteiger partial charge in [0.15, 0.2) is 17.5 Å². The van der Waals surface area contributed by atoms with Gasteiger partial charge in [-0.05, 0) is 90.8 Å². The van der Waals surface area contributed by atoms with E-state index in [0.29, 0.717) is 0 Å². The highest BCUT2D eigenvalue weighted by Gasteiger charge is 2.42. The fourth-order valence-electron chi connectivity index (χ4n) is 9.09. The lowest BCUT2D eigenvalue weighted by Crippen LogP contribution is -2.60. The number of phenolic OH excluding ortho intramolecular Hbond substituents is 4. The molecule has 5 aliphatic rings. The number of phenols is 4. The molecule has 5 heterocycles. The molecule has 0 aromatic heterocycles. The summed E-state index contributed by atoms with van der Waals surface area (Å²) in [7, 11) is 1.32. The summed E-state index contributed by atoms with van der Waals surface area (Å²) in [5, 5.41) is 106. The van der Waals surface area contributed by atoms with Crippen LogP contribution in [0.25, 0.3) is 11.1 Å². The number of carboxylic acids is 1. The number of primary amides is 1. The number of hydrogen-bond acceptors (Lipinski definition) is 18. The minimum absolute atomic E-state index is 0.137. The van der Waals surface area contributed by atoms with Gasteiger partial charge >= 0.3 is 5.97 Å². The molecule has 0 aliphatic carbocycles. The molecule has 10 atom stereocenters. The van der Waals surface area contributed by atoms with Crippen molar-refractivity contribution >= 4 is 70.5 Å². The largest absolute Gasteiger partial charge is 0.508 e. The molecule has 0 saturated carbocycles. The Hall–Kier alpha value is -8.92. The number of rotatable bonds is 7. The number of hydrogen-bond donors (Lipinski definition) is 16. The van der Waals surface area contributed by atoms with E-state index >= 15 is 4.79 Å². The van der Waals surface area contributed by atoms with Crippen molar-refractivity contribution in [1.29, 1.82) is 0 Å². The van der Waals surface area contributed by atoms with Crippen molar-refractivity contribution in [3.05, 3.63) is 117 Å². The van der Waals surface area contributed by atoms with E-state index in [9.17, 15) is 74.4 Å². The van der Waals surface area contributed by atoms with Gasteiger partial charge in [0, 0.05) is 22.8 Å². The number of ether oxygens (including phenoxy) is 2. The fraction of sp³-hybridized carbons (Fsp3) is 0.255. The monoisotopic (exact) mass is 1130 g/mol. The summed E-state index contributed by atoms with van der Waals surface area (Å²) in [4.78, 5) is 113. The number of aliphatic hydroxyl groups excluding tert-OH is 3. The highest BCUT2D eigenvalue weighted by atomic mass is 35.5. The van der Waals surface area contributed by atoms with Gasteiger partial charge in [-0.2, -0.15) is 0 Å². The van der Waals surface area contributed by atoms with E-state index in [0.717, 1.165) is 60.7 Å². The summed E-state index contributed by atoms with van der Waals surface area (Å²) in [6.45, 7) is 1.26. The van der Waals surface area contributed by atoms with E-state index in [2.05, 4.69) is 37.2 Å². The van der Waals surface area contributed by atoms with Crippen LogP contribution >= 0.6 is 23.2 Å². The van der Waals surface area contributed by atoms with Crippen molar-refractivity contribution in [1.82, 2.24) is 37.2 Å². The molecule has 28 heteroatoms. The number of aliphatic carboxylic acids is 1. The van der Waals surface area contributed by atoms with Gasteiger partial charge in [-0.15, -0.1) is 0 Å². The van der Waals surface area contributed by atoms with E-state index in [1.807, 2.05) is 0 Å². The third kappa shape index (κ3) is 11.5. The number of amides is 7. The number of carboxylic acid groups (broad SMARTS) is 1. The molecule has 11 bridgehead atoms. The van der Waals surface area contributed by atoms with E-state index in [-0.39, 0.29) is 43.8 Å². The molecule has 0 spiro atoms. The summed E-state index contributed by atoms with van der Waals surface area (Å²) in [6.07, 6.45) is -6.53. The van der Waals surface area contributed by atoms with Gasteiger partial charge < -0.3 is 93.3 Å². The first-order valence-electron chi connectivity index (χ1n) is 23.6. The standard InChI is InChI=1S/C51H48Cl2N8O18/c1-17(62)36(55-2)46(71)60-40-42(67)19-4-7-30(25(52)10-19)78-32-12-21-13-33(44(32)69)79-31-8-5-20(11-26(31)53)43(68)41-50(75)59-39(51(76)77)24-14-22(63)15-29(65)35(24)23-9-18(3-6-28(23)64)37(47(72)61-41)58-48(73)38(21)57-45(70)27(16-34(54)66)56-49(40)74/h3-15,17,27,36-43,55,62-65,67-69H,16H2,1-2H3,(H2,54,66)(H,56,74)(H,57,70)(H,58,73)(H,59,75)(H,60,71)(H,61,72)(H,76,77)/t17-,27-,36+,37+,38+,39-,40+,41-,42+,43+/m0/s1. The lowest BCUT2D eigenvalue weighted by atomic mass is 9.89. The van der Waals surface area contributed by atoms with Crippen molar-refractivity contribution in [2.45, 2.75) is 73.9 Å². The molecule has 5 aromatic carbocycles. The third-order valence-electron chi connectivity index (χ3n) is 13.0. The minimum atomic E-state index is -2.20. The Morgan fingerprint density at radius 3 is 1.80 bits per heavy atom. The summed E-state index contributed by atoms with van der Waals surface area (Å²) in [5.41, 5.74) is 3.11. The zero-order chi connectivity index (χ0) is 57.5. The van der Waals surface area contributed by atoms with Gasteiger partial charge in [0.2, 0.25) is 47.1 Å². The van der Waals surface area contributed by atoms with Crippen LogP contribution in [0.3, 0.4) is 0 Å². The number of halogens is 2. The van der Waals surface area contributed by atoms with Crippen molar-refractivity contribution in [3.63, 3.8) is 0 Å². The molecule has 414 valence electrons. The van der Waals surface area contributed by atoms with E-state index in [1.165, 1.54) is 32.2 Å². The Morgan fingerprint density at radius 1 is 0.658 bits per heavy atom. The van der Waals surface area contributed by atoms with Crippen LogP contribution in [0.15, 0.2) is 78.9 Å². The average Bonchev–Trinajstić information content (AvgIpc) is 3.43. The molecule has 5 aromatic rings. The van der Waals surface area contributed by atoms with Crippen LogP contribution in [0.2, 0.25) is 10.0 Å². The number of likely N-dealkylation sites (N-methyl/N-ethyl adjacent to an activating group) is 1. The third-order valence-corrected chi connectivity index (χ3v) is 13.6. The fourth-order valence-corrected chi connectivity index (χ4v) is 9.55. The van der Waals surface area contributed by atoms with Gasteiger partial charge in [-0.1, -0.05) is 41.4 Å². The molecule has 17 N–H and O–H groups in total. The van der Waals surface area contributed by atoms with Crippen LogP contribution in [0, 0.1) is 0 Å². The molecular weight excluding hydrogens is 1080 g/mol. The maximum Gasteiger partial charge on any atom is 0.330 e. The Bertz CT molecular complexity index is 3360. The summed E-state index contributed by atoms with van der Waals surface area (Å²) in [6, 6.07) is -0.425. The van der Waals surface area contributed by atoms with Crippen molar-refractivity contribution in [2.24, 2.45) is 5.73 Å². The molecule has 0 fully saturated rings. The maximum atomic E-state index is 15.3. The van der Waals surface area contributed by atoms with Gasteiger partial charge in [0.05, 0.1) is 22.6 Å². The normalized spacial score (nSPS) is 22.9. The van der Waals surface area contributed by atoms with Crippen molar-refractivity contribution in [2.75, 3.05) is 7.05 Å². The predicted octanol–water partition coefficient (Wildman–Crippen LogP) is 0.730. The van der Waals surface area contributed by atoms with Crippen LogP contribution in [-0.2, 0) is 38.4 Å². The van der Waals surface area contributed by atoms with Crippen LogP contribution in [0.1, 0.15) is 71.5 Å². The Kier molecular flexibility index (Phi) is 16.1. The molecule has 5 aliphatic heterocycles. The first kappa shape index (κ1) is 56.3. The number of fused-ring (bicyclic) bond motifs is 15.